The molecule has 0 saturated heterocycles. The van der Waals surface area contributed by atoms with Crippen molar-refractivity contribution in [1.29, 1.82) is 0 Å². The molecule has 4 N–H and O–H groups in total. The number of nitrogens with zero attached hydrogens (tertiary/aromatic N) is 2. The maximum absolute atomic E-state index is 12.9. The highest BCUT2D eigenvalue weighted by Crippen LogP contribution is 2.30. The number of carboxylic acids is 1. The van der Waals surface area contributed by atoms with Crippen molar-refractivity contribution in [1.82, 2.24) is 14.7 Å². The van der Waals surface area contributed by atoms with E-state index in [1.807, 2.05) is 6.92 Å². The number of fused-ring (bicyclic) bond motifs is 1. The Labute approximate surface area is 214 Å². The Hall–Kier alpha value is -4.41. The molecule has 0 aliphatic heterocycles. The number of hydrogen-bond donors (Lipinski definition) is 4. The lowest BCUT2D eigenvalue weighted by molar-refractivity contribution is -0.141. The van der Waals surface area contributed by atoms with E-state index in [0.717, 1.165) is 0 Å². The van der Waals surface area contributed by atoms with Gasteiger partial charge in [0.2, 0.25) is 5.91 Å². The van der Waals surface area contributed by atoms with Gasteiger partial charge in [-0.15, -0.1) is 0 Å². The SMILES string of the molecule is CCOC(=O)CNc1c(-c2ccc(NC(C)=O)cc2)nc2cc(C(=O)NC(C(=O)O)C(C)CC)ccn12. The first-order valence-electron chi connectivity index (χ1n) is 12.0. The zero-order chi connectivity index (χ0) is 27.1. The Bertz CT molecular complexity index is 1300. The molecule has 3 rings (SSSR count). The van der Waals surface area contributed by atoms with Crippen LogP contribution in [0.4, 0.5) is 11.5 Å². The minimum atomic E-state index is -1.10. The predicted octanol–water partition coefficient (Wildman–Crippen LogP) is 3.16. The van der Waals surface area contributed by atoms with Crippen LogP contribution in [0.2, 0.25) is 0 Å². The highest BCUT2D eigenvalue weighted by molar-refractivity contribution is 5.97. The molecule has 11 nitrogen and oxygen atoms in total. The van der Waals surface area contributed by atoms with Crippen LogP contribution in [0.15, 0.2) is 42.6 Å². The number of rotatable bonds is 11. The number of ether oxygens (including phenoxy) is 1. The van der Waals surface area contributed by atoms with Gasteiger partial charge < -0.3 is 25.8 Å². The summed E-state index contributed by atoms with van der Waals surface area (Å²) < 4.78 is 6.70. The van der Waals surface area contributed by atoms with Crippen molar-refractivity contribution in [3.8, 4) is 11.3 Å². The van der Waals surface area contributed by atoms with Crippen LogP contribution < -0.4 is 16.0 Å². The van der Waals surface area contributed by atoms with Gasteiger partial charge in [-0.2, -0.15) is 0 Å². The Kier molecular flexibility index (Phi) is 8.83. The monoisotopic (exact) mass is 509 g/mol. The molecule has 0 aliphatic carbocycles. The van der Waals surface area contributed by atoms with Gasteiger partial charge in [0.25, 0.3) is 5.91 Å². The maximum Gasteiger partial charge on any atom is 0.326 e. The van der Waals surface area contributed by atoms with E-state index in [2.05, 4.69) is 20.9 Å². The summed E-state index contributed by atoms with van der Waals surface area (Å²) in [5, 5.41) is 17.9. The molecular weight excluding hydrogens is 478 g/mol. The van der Waals surface area contributed by atoms with E-state index < -0.39 is 23.9 Å². The molecule has 0 saturated carbocycles. The number of anilines is 2. The highest BCUT2D eigenvalue weighted by atomic mass is 16.5. The summed E-state index contributed by atoms with van der Waals surface area (Å²) in [5.74, 6) is -2.00. The summed E-state index contributed by atoms with van der Waals surface area (Å²) in [5.41, 5.74) is 2.50. The molecule has 2 amide bonds. The van der Waals surface area contributed by atoms with E-state index in [4.69, 9.17) is 4.74 Å². The molecule has 196 valence electrons. The Morgan fingerprint density at radius 2 is 1.81 bits per heavy atom. The highest BCUT2D eigenvalue weighted by Gasteiger charge is 2.26. The largest absolute Gasteiger partial charge is 0.480 e. The third-order valence-electron chi connectivity index (χ3n) is 5.84. The molecule has 0 aliphatic rings. The second kappa shape index (κ2) is 12.0. The molecule has 11 heteroatoms. The van der Waals surface area contributed by atoms with Gasteiger partial charge in [0, 0.05) is 29.9 Å². The first kappa shape index (κ1) is 27.2. The third kappa shape index (κ3) is 6.63. The lowest BCUT2D eigenvalue weighted by atomic mass is 9.99. The van der Waals surface area contributed by atoms with Crippen LogP contribution in [0.1, 0.15) is 44.5 Å². The number of carbonyl (C=O) groups excluding carboxylic acids is 3. The minimum absolute atomic E-state index is 0.101. The van der Waals surface area contributed by atoms with Crippen molar-refractivity contribution >= 4 is 40.9 Å². The summed E-state index contributed by atoms with van der Waals surface area (Å²) in [6.07, 6.45) is 2.22. The minimum Gasteiger partial charge on any atom is -0.480 e. The summed E-state index contributed by atoms with van der Waals surface area (Å²) >= 11 is 0. The first-order valence-corrected chi connectivity index (χ1v) is 12.0. The van der Waals surface area contributed by atoms with Gasteiger partial charge in [-0.3, -0.25) is 18.8 Å². The zero-order valence-corrected chi connectivity index (χ0v) is 21.2. The van der Waals surface area contributed by atoms with Crippen molar-refractivity contribution in [2.24, 2.45) is 5.92 Å². The summed E-state index contributed by atoms with van der Waals surface area (Å²) in [6, 6.07) is 9.10. The molecule has 2 aromatic heterocycles. The van der Waals surface area contributed by atoms with Crippen LogP contribution in [0.25, 0.3) is 16.9 Å². The molecule has 37 heavy (non-hydrogen) atoms. The van der Waals surface area contributed by atoms with E-state index in [9.17, 15) is 24.3 Å². The average molecular weight is 510 g/mol. The number of aliphatic carboxylic acids is 1. The van der Waals surface area contributed by atoms with Crippen molar-refractivity contribution < 1.29 is 29.0 Å². The number of nitrogens with one attached hydrogen (secondary N) is 3. The van der Waals surface area contributed by atoms with E-state index in [1.165, 1.54) is 6.92 Å². The molecule has 1 aromatic carbocycles. The lowest BCUT2D eigenvalue weighted by Crippen LogP contribution is -2.45. The number of pyridine rings is 1. The van der Waals surface area contributed by atoms with Crippen LogP contribution in [0.3, 0.4) is 0 Å². The van der Waals surface area contributed by atoms with E-state index in [-0.39, 0.29) is 30.5 Å². The Balaban J connectivity index is 1.99. The number of carboxylic acid groups (broad SMARTS) is 1. The second-order valence-electron chi connectivity index (χ2n) is 8.54. The van der Waals surface area contributed by atoms with Gasteiger partial charge in [-0.05, 0) is 37.1 Å². The number of benzene rings is 1. The molecule has 2 heterocycles. The fourth-order valence-corrected chi connectivity index (χ4v) is 3.75. The van der Waals surface area contributed by atoms with Crippen molar-refractivity contribution in [2.45, 2.75) is 40.2 Å². The molecule has 2 unspecified atom stereocenters. The summed E-state index contributed by atoms with van der Waals surface area (Å²) in [7, 11) is 0. The quantitative estimate of drug-likeness (QED) is 0.288. The van der Waals surface area contributed by atoms with Crippen LogP contribution in [0, 0.1) is 5.92 Å². The zero-order valence-electron chi connectivity index (χ0n) is 21.2. The molecule has 2 atom stereocenters. The van der Waals surface area contributed by atoms with Gasteiger partial charge >= 0.3 is 11.9 Å². The van der Waals surface area contributed by atoms with E-state index >= 15 is 0 Å². The average Bonchev–Trinajstić information content (AvgIpc) is 3.23. The van der Waals surface area contributed by atoms with Gasteiger partial charge in [0.15, 0.2) is 0 Å². The Morgan fingerprint density at radius 1 is 1.11 bits per heavy atom. The number of aromatic nitrogens is 2. The molecule has 0 radical (unpaired) electrons. The van der Waals surface area contributed by atoms with Crippen molar-refractivity contribution in [3.63, 3.8) is 0 Å². The molecule has 0 bridgehead atoms. The molecular formula is C26H31N5O6. The van der Waals surface area contributed by atoms with Crippen LogP contribution in [0.5, 0.6) is 0 Å². The van der Waals surface area contributed by atoms with Gasteiger partial charge in [0.1, 0.15) is 29.7 Å². The van der Waals surface area contributed by atoms with Gasteiger partial charge in [-0.25, -0.2) is 9.78 Å². The summed E-state index contributed by atoms with van der Waals surface area (Å²) in [4.78, 5) is 52.5. The molecule has 3 aromatic rings. The first-order chi connectivity index (χ1) is 17.6. The maximum atomic E-state index is 12.9. The normalized spacial score (nSPS) is 12.4. The number of amides is 2. The van der Waals surface area contributed by atoms with Crippen molar-refractivity contribution in [3.05, 3.63) is 48.2 Å². The van der Waals surface area contributed by atoms with E-state index in [0.29, 0.717) is 34.8 Å². The number of imidazole rings is 1. The summed E-state index contributed by atoms with van der Waals surface area (Å²) in [6.45, 7) is 6.91. The molecule has 0 fully saturated rings. The van der Waals surface area contributed by atoms with Crippen molar-refractivity contribution in [2.75, 3.05) is 23.8 Å². The standard InChI is InChI=1S/C26H31N5O6/c1-5-15(3)22(26(35)36)30-25(34)18-11-12-31-20(13-18)29-23(24(31)27-14-21(33)37-6-2)17-7-9-19(10-8-17)28-16(4)32/h7-13,15,22,27H,5-6,14H2,1-4H3,(H,28,32)(H,30,34)(H,35,36). The fourth-order valence-electron chi connectivity index (χ4n) is 3.75. The van der Waals surface area contributed by atoms with Crippen LogP contribution in [-0.2, 0) is 19.1 Å². The van der Waals surface area contributed by atoms with Gasteiger partial charge in [-0.1, -0.05) is 32.4 Å². The lowest BCUT2D eigenvalue weighted by Gasteiger charge is -2.20. The topological polar surface area (TPSA) is 151 Å². The van der Waals surface area contributed by atoms with Crippen LogP contribution in [-0.4, -0.2) is 57.4 Å². The number of hydrogen-bond acceptors (Lipinski definition) is 7. The van der Waals surface area contributed by atoms with E-state index in [1.54, 1.807) is 60.8 Å². The number of carbonyl (C=O) groups is 4. The predicted molar refractivity (Wildman–Crippen MR) is 138 cm³/mol. The second-order valence-corrected chi connectivity index (χ2v) is 8.54. The van der Waals surface area contributed by atoms with Gasteiger partial charge in [0.05, 0.1) is 6.61 Å². The smallest absolute Gasteiger partial charge is 0.326 e. The fraction of sp³-hybridized carbons (Fsp3) is 0.346. The van der Waals surface area contributed by atoms with Crippen LogP contribution >= 0.6 is 0 Å². The molecule has 0 spiro atoms. The third-order valence-corrected chi connectivity index (χ3v) is 5.84. The number of esters is 1. The Morgan fingerprint density at radius 3 is 2.41 bits per heavy atom.